The Balaban J connectivity index is 2.34. The molecule has 0 spiro atoms. The fourth-order valence-electron chi connectivity index (χ4n) is 2.43. The van der Waals surface area contributed by atoms with Crippen molar-refractivity contribution in [3.05, 3.63) is 29.3 Å². The molecule has 0 bridgehead atoms. The number of methoxy groups -OCH3 is 1. The van der Waals surface area contributed by atoms with Crippen LogP contribution in [0.2, 0.25) is 0 Å². The summed E-state index contributed by atoms with van der Waals surface area (Å²) in [5.41, 5.74) is 1.82. The van der Waals surface area contributed by atoms with E-state index in [1.165, 1.54) is 0 Å². The summed E-state index contributed by atoms with van der Waals surface area (Å²) in [6.45, 7) is 0. The molecular formula is C13H15FO3. The molecule has 1 aliphatic rings. The molecule has 0 saturated carbocycles. The van der Waals surface area contributed by atoms with Gasteiger partial charge >= 0.3 is 5.97 Å². The summed E-state index contributed by atoms with van der Waals surface area (Å²) in [4.78, 5) is 10.7. The predicted molar refractivity (Wildman–Crippen MR) is 61.2 cm³/mol. The minimum absolute atomic E-state index is 0.526. The molecule has 1 aromatic carbocycles. The Morgan fingerprint density at radius 2 is 2.35 bits per heavy atom. The molecule has 1 aromatic rings. The van der Waals surface area contributed by atoms with Crippen molar-refractivity contribution >= 4 is 5.97 Å². The Kier molecular flexibility index (Phi) is 3.31. The summed E-state index contributed by atoms with van der Waals surface area (Å²) >= 11 is 0. The quantitative estimate of drug-likeness (QED) is 0.880. The molecule has 0 radical (unpaired) electrons. The van der Waals surface area contributed by atoms with E-state index < -0.39 is 18.1 Å². The first kappa shape index (κ1) is 11.9. The highest BCUT2D eigenvalue weighted by Gasteiger charge is 2.32. The molecule has 2 unspecified atom stereocenters. The number of hydrogen-bond donors (Lipinski definition) is 1. The number of fused-ring (bicyclic) bond motifs is 1. The largest absolute Gasteiger partial charge is 0.497 e. The number of ether oxygens (including phenoxy) is 1. The highest BCUT2D eigenvalue weighted by molar-refractivity contribution is 5.74. The van der Waals surface area contributed by atoms with Crippen molar-refractivity contribution in [3.63, 3.8) is 0 Å². The van der Waals surface area contributed by atoms with Gasteiger partial charge < -0.3 is 9.84 Å². The fourth-order valence-corrected chi connectivity index (χ4v) is 2.43. The van der Waals surface area contributed by atoms with Crippen molar-refractivity contribution in [2.24, 2.45) is 0 Å². The molecule has 92 valence electrons. The summed E-state index contributed by atoms with van der Waals surface area (Å²) in [6.07, 6.45) is 0.447. The number of aliphatic carboxylic acids is 1. The van der Waals surface area contributed by atoms with Gasteiger partial charge in [0.25, 0.3) is 0 Å². The number of carboxylic acid groups (broad SMARTS) is 1. The molecule has 0 heterocycles. The van der Waals surface area contributed by atoms with Gasteiger partial charge in [0.1, 0.15) is 5.75 Å². The van der Waals surface area contributed by atoms with E-state index in [2.05, 4.69) is 0 Å². The van der Waals surface area contributed by atoms with Crippen LogP contribution in [0.4, 0.5) is 4.39 Å². The molecule has 2 rings (SSSR count). The number of rotatable bonds is 3. The van der Waals surface area contributed by atoms with Crippen molar-refractivity contribution in [1.29, 1.82) is 0 Å². The van der Waals surface area contributed by atoms with Crippen LogP contribution in [0.15, 0.2) is 18.2 Å². The standard InChI is InChI=1S/C13H15FO3/c1-17-9-5-6-10-8(7-9)3-2-4-11(10)12(14)13(15)16/h5-7,11-12H,2-4H2,1H3,(H,15,16). The Bertz CT molecular complexity index is 431. The molecule has 4 heteroatoms. The number of alkyl halides is 1. The van der Waals surface area contributed by atoms with E-state index in [0.717, 1.165) is 29.7 Å². The second kappa shape index (κ2) is 4.73. The third-order valence-electron chi connectivity index (χ3n) is 3.30. The summed E-state index contributed by atoms with van der Waals surface area (Å²) in [6, 6.07) is 5.41. The third-order valence-corrected chi connectivity index (χ3v) is 3.30. The molecule has 0 aromatic heterocycles. The van der Waals surface area contributed by atoms with Crippen LogP contribution in [0.25, 0.3) is 0 Å². The van der Waals surface area contributed by atoms with Crippen LogP contribution in [-0.2, 0) is 11.2 Å². The topological polar surface area (TPSA) is 46.5 Å². The number of carboxylic acids is 1. The number of halogens is 1. The van der Waals surface area contributed by atoms with Gasteiger partial charge in [-0.15, -0.1) is 0 Å². The summed E-state index contributed by atoms with van der Waals surface area (Å²) in [5, 5.41) is 8.76. The van der Waals surface area contributed by atoms with E-state index >= 15 is 0 Å². The minimum atomic E-state index is -1.82. The lowest BCUT2D eigenvalue weighted by molar-refractivity contribution is -0.143. The minimum Gasteiger partial charge on any atom is -0.497 e. The maximum atomic E-state index is 13.6. The van der Waals surface area contributed by atoms with Gasteiger partial charge in [0.2, 0.25) is 6.17 Å². The molecule has 0 fully saturated rings. The van der Waals surface area contributed by atoms with E-state index in [1.54, 1.807) is 19.2 Å². The van der Waals surface area contributed by atoms with E-state index in [-0.39, 0.29) is 0 Å². The van der Waals surface area contributed by atoms with E-state index in [9.17, 15) is 9.18 Å². The molecule has 0 aliphatic heterocycles. The zero-order valence-electron chi connectivity index (χ0n) is 9.65. The van der Waals surface area contributed by atoms with Gasteiger partial charge in [-0.1, -0.05) is 6.07 Å². The Hall–Kier alpha value is -1.58. The van der Waals surface area contributed by atoms with Gasteiger partial charge in [0, 0.05) is 5.92 Å². The monoisotopic (exact) mass is 238 g/mol. The number of carbonyl (C=O) groups is 1. The van der Waals surface area contributed by atoms with Crippen molar-refractivity contribution in [3.8, 4) is 5.75 Å². The summed E-state index contributed by atoms with van der Waals surface area (Å²) in [7, 11) is 1.58. The molecule has 1 aliphatic carbocycles. The van der Waals surface area contributed by atoms with Crippen LogP contribution in [0.1, 0.15) is 29.9 Å². The lowest BCUT2D eigenvalue weighted by Gasteiger charge is -2.26. The van der Waals surface area contributed by atoms with Gasteiger partial charge in [-0.3, -0.25) is 0 Å². The van der Waals surface area contributed by atoms with E-state index in [0.29, 0.717) is 6.42 Å². The zero-order valence-corrected chi connectivity index (χ0v) is 9.65. The van der Waals surface area contributed by atoms with Gasteiger partial charge in [0.15, 0.2) is 0 Å². The molecule has 2 atom stereocenters. The van der Waals surface area contributed by atoms with Gasteiger partial charge in [-0.25, -0.2) is 9.18 Å². The molecule has 17 heavy (non-hydrogen) atoms. The Morgan fingerprint density at radius 3 is 3.00 bits per heavy atom. The molecular weight excluding hydrogens is 223 g/mol. The van der Waals surface area contributed by atoms with Crippen molar-refractivity contribution in [2.45, 2.75) is 31.4 Å². The van der Waals surface area contributed by atoms with Gasteiger partial charge in [-0.05, 0) is 42.5 Å². The average Bonchev–Trinajstić information content (AvgIpc) is 2.36. The second-order valence-electron chi connectivity index (χ2n) is 4.30. The number of aryl methyl sites for hydroxylation is 1. The van der Waals surface area contributed by atoms with Crippen LogP contribution in [0, 0.1) is 0 Å². The third kappa shape index (κ3) is 2.25. The number of hydrogen-bond acceptors (Lipinski definition) is 2. The Morgan fingerprint density at radius 1 is 1.59 bits per heavy atom. The van der Waals surface area contributed by atoms with Crippen LogP contribution < -0.4 is 4.74 Å². The first-order valence-corrected chi connectivity index (χ1v) is 5.67. The first-order valence-electron chi connectivity index (χ1n) is 5.67. The smallest absolute Gasteiger partial charge is 0.338 e. The van der Waals surface area contributed by atoms with Crippen LogP contribution in [0.3, 0.4) is 0 Å². The summed E-state index contributed by atoms with van der Waals surface area (Å²) in [5.74, 6) is -1.17. The SMILES string of the molecule is COc1ccc2c(c1)CCCC2C(F)C(=O)O. The normalized spacial score (nSPS) is 20.5. The highest BCUT2D eigenvalue weighted by Crippen LogP contribution is 2.36. The lowest BCUT2D eigenvalue weighted by atomic mass is 9.80. The van der Waals surface area contributed by atoms with Crippen molar-refractivity contribution < 1.29 is 19.0 Å². The maximum absolute atomic E-state index is 13.6. The van der Waals surface area contributed by atoms with Crippen molar-refractivity contribution in [1.82, 2.24) is 0 Å². The first-order chi connectivity index (χ1) is 8.13. The second-order valence-corrected chi connectivity index (χ2v) is 4.30. The lowest BCUT2D eigenvalue weighted by Crippen LogP contribution is -2.26. The number of benzene rings is 1. The average molecular weight is 238 g/mol. The Labute approximate surface area is 99.2 Å². The maximum Gasteiger partial charge on any atom is 0.338 e. The molecule has 3 nitrogen and oxygen atoms in total. The highest BCUT2D eigenvalue weighted by atomic mass is 19.1. The van der Waals surface area contributed by atoms with Crippen LogP contribution in [-0.4, -0.2) is 24.4 Å². The van der Waals surface area contributed by atoms with Gasteiger partial charge in [0.05, 0.1) is 7.11 Å². The van der Waals surface area contributed by atoms with Crippen LogP contribution >= 0.6 is 0 Å². The van der Waals surface area contributed by atoms with Gasteiger partial charge in [-0.2, -0.15) is 0 Å². The van der Waals surface area contributed by atoms with Crippen LogP contribution in [0.5, 0.6) is 5.75 Å². The van der Waals surface area contributed by atoms with E-state index in [1.807, 2.05) is 6.07 Å². The fraction of sp³-hybridized carbons (Fsp3) is 0.462. The van der Waals surface area contributed by atoms with Crippen molar-refractivity contribution in [2.75, 3.05) is 7.11 Å². The summed E-state index contributed by atoms with van der Waals surface area (Å²) < 4.78 is 18.8. The predicted octanol–water partition coefficient (Wildman–Crippen LogP) is 2.54. The van der Waals surface area contributed by atoms with E-state index in [4.69, 9.17) is 9.84 Å². The molecule has 0 saturated heterocycles. The molecule has 1 N–H and O–H groups in total. The molecule has 0 amide bonds. The zero-order chi connectivity index (χ0) is 12.4.